The summed E-state index contributed by atoms with van der Waals surface area (Å²) in [6.07, 6.45) is 0.182. The lowest BCUT2D eigenvalue weighted by Crippen LogP contribution is -2.44. The van der Waals surface area contributed by atoms with E-state index in [4.69, 9.17) is 4.74 Å². The Morgan fingerprint density at radius 1 is 1.00 bits per heavy atom. The molecule has 3 amide bonds. The molecule has 178 valence electrons. The van der Waals surface area contributed by atoms with Gasteiger partial charge in [-0.2, -0.15) is 0 Å². The Kier molecular flexibility index (Phi) is 8.63. The first-order valence-corrected chi connectivity index (χ1v) is 11.1. The monoisotopic (exact) mass is 453 g/mol. The number of anilines is 1. The van der Waals surface area contributed by atoms with E-state index < -0.39 is 23.6 Å². The number of benzene rings is 2. The van der Waals surface area contributed by atoms with E-state index in [2.05, 4.69) is 17.6 Å². The number of likely N-dealkylation sites (N-methyl/N-ethyl adjacent to an activating group) is 1. The predicted octanol–water partition coefficient (Wildman–Crippen LogP) is 4.53. The minimum absolute atomic E-state index is 0.286. The van der Waals surface area contributed by atoms with Crippen molar-refractivity contribution in [3.63, 3.8) is 0 Å². The van der Waals surface area contributed by atoms with Crippen LogP contribution in [0.4, 0.5) is 10.5 Å². The van der Waals surface area contributed by atoms with Crippen LogP contribution in [-0.4, -0.2) is 42.0 Å². The molecule has 2 aromatic rings. The summed E-state index contributed by atoms with van der Waals surface area (Å²) in [6, 6.07) is 12.5. The number of ether oxygens (including phenoxy) is 1. The van der Waals surface area contributed by atoms with Gasteiger partial charge in [-0.15, -0.1) is 0 Å². The molecule has 0 aromatic heterocycles. The zero-order valence-corrected chi connectivity index (χ0v) is 20.6. The number of nitrogens with zero attached hydrogens (tertiary/aromatic N) is 1. The van der Waals surface area contributed by atoms with Crippen molar-refractivity contribution in [3.8, 4) is 0 Å². The number of nitrogens with one attached hydrogen (secondary N) is 2. The normalized spacial score (nSPS) is 12.0. The van der Waals surface area contributed by atoms with Gasteiger partial charge in [0.25, 0.3) is 5.91 Å². The highest BCUT2D eigenvalue weighted by molar-refractivity contribution is 5.99. The van der Waals surface area contributed by atoms with Crippen LogP contribution in [0.5, 0.6) is 0 Å². The molecule has 0 aliphatic heterocycles. The van der Waals surface area contributed by atoms with Gasteiger partial charge in [0, 0.05) is 12.7 Å². The minimum atomic E-state index is -0.872. The second-order valence-corrected chi connectivity index (χ2v) is 9.11. The van der Waals surface area contributed by atoms with Gasteiger partial charge < -0.3 is 20.3 Å². The Morgan fingerprint density at radius 2 is 1.58 bits per heavy atom. The highest BCUT2D eigenvalue weighted by Gasteiger charge is 2.30. The number of carbonyl (C=O) groups excluding carboxylic acids is 3. The van der Waals surface area contributed by atoms with Gasteiger partial charge in [0.2, 0.25) is 5.91 Å². The van der Waals surface area contributed by atoms with E-state index in [0.29, 0.717) is 5.56 Å². The molecule has 2 rings (SSSR count). The lowest BCUT2D eigenvalue weighted by atomic mass is 10.0. The van der Waals surface area contributed by atoms with Crippen LogP contribution in [0.2, 0.25) is 0 Å². The largest absolute Gasteiger partial charge is 0.444 e. The first kappa shape index (κ1) is 25.9. The number of carbonyl (C=O) groups is 3. The fourth-order valence-electron chi connectivity index (χ4n) is 3.42. The van der Waals surface area contributed by atoms with Gasteiger partial charge in [-0.05, 0) is 63.3 Å². The molecule has 1 unspecified atom stereocenters. The van der Waals surface area contributed by atoms with Crippen LogP contribution in [-0.2, 0) is 20.7 Å². The van der Waals surface area contributed by atoms with Crippen LogP contribution >= 0.6 is 0 Å². The highest BCUT2D eigenvalue weighted by Crippen LogP contribution is 2.26. The number of hydrogen-bond acceptors (Lipinski definition) is 4. The molecule has 1 atom stereocenters. The first-order valence-electron chi connectivity index (χ1n) is 11.1. The molecule has 0 aliphatic carbocycles. The van der Waals surface area contributed by atoms with Crippen molar-refractivity contribution in [1.82, 2.24) is 10.2 Å². The van der Waals surface area contributed by atoms with Crippen LogP contribution in [0, 0.1) is 13.8 Å². The third kappa shape index (κ3) is 7.34. The zero-order valence-electron chi connectivity index (χ0n) is 20.6. The number of para-hydroxylation sites is 1. The molecular weight excluding hydrogens is 418 g/mol. The predicted molar refractivity (Wildman–Crippen MR) is 130 cm³/mol. The van der Waals surface area contributed by atoms with Crippen LogP contribution in [0.3, 0.4) is 0 Å². The van der Waals surface area contributed by atoms with Crippen LogP contribution in [0.25, 0.3) is 0 Å². The lowest BCUT2D eigenvalue weighted by molar-refractivity contribution is -0.136. The fraction of sp³-hybridized carbons (Fsp3) is 0.423. The van der Waals surface area contributed by atoms with Gasteiger partial charge in [-0.3, -0.25) is 9.59 Å². The van der Waals surface area contributed by atoms with Crippen molar-refractivity contribution < 1.29 is 19.1 Å². The van der Waals surface area contributed by atoms with Crippen molar-refractivity contribution >= 4 is 23.6 Å². The number of aryl methyl sites for hydroxylation is 3. The van der Waals surface area contributed by atoms with E-state index >= 15 is 0 Å². The molecule has 2 aromatic carbocycles. The van der Waals surface area contributed by atoms with E-state index in [9.17, 15) is 14.4 Å². The second kappa shape index (κ2) is 11.0. The summed E-state index contributed by atoms with van der Waals surface area (Å²) in [5.74, 6) is -0.744. The minimum Gasteiger partial charge on any atom is -0.444 e. The van der Waals surface area contributed by atoms with E-state index in [1.165, 1.54) is 4.90 Å². The molecule has 0 aliphatic rings. The first-order chi connectivity index (χ1) is 15.4. The van der Waals surface area contributed by atoms with E-state index in [1.54, 1.807) is 27.8 Å². The number of amides is 3. The van der Waals surface area contributed by atoms with Gasteiger partial charge in [-0.25, -0.2) is 4.79 Å². The van der Waals surface area contributed by atoms with Crippen molar-refractivity contribution in [2.24, 2.45) is 0 Å². The molecule has 0 saturated heterocycles. The molecular formula is C26H35N3O4. The Balaban J connectivity index is 2.27. The third-order valence-corrected chi connectivity index (χ3v) is 5.24. The Bertz CT molecular complexity index is 973. The number of rotatable bonds is 7. The summed E-state index contributed by atoms with van der Waals surface area (Å²) in [7, 11) is 1.56. The summed E-state index contributed by atoms with van der Waals surface area (Å²) in [5.41, 5.74) is 3.74. The molecule has 7 nitrogen and oxygen atoms in total. The fourth-order valence-corrected chi connectivity index (χ4v) is 3.42. The molecule has 7 heteroatoms. The van der Waals surface area contributed by atoms with Gasteiger partial charge >= 0.3 is 6.09 Å². The summed E-state index contributed by atoms with van der Waals surface area (Å²) >= 11 is 0. The van der Waals surface area contributed by atoms with Gasteiger partial charge in [0.15, 0.2) is 0 Å². The molecule has 0 fully saturated rings. The van der Waals surface area contributed by atoms with E-state index in [-0.39, 0.29) is 12.5 Å². The maximum atomic E-state index is 13.4. The molecule has 0 heterocycles. The summed E-state index contributed by atoms with van der Waals surface area (Å²) < 4.78 is 5.19. The number of hydrogen-bond donors (Lipinski definition) is 2. The Hall–Kier alpha value is -3.35. The lowest BCUT2D eigenvalue weighted by Gasteiger charge is -2.29. The third-order valence-electron chi connectivity index (χ3n) is 5.24. The maximum Gasteiger partial charge on any atom is 0.408 e. The molecule has 0 saturated carbocycles. The van der Waals surface area contributed by atoms with Crippen molar-refractivity contribution in [2.75, 3.05) is 18.9 Å². The maximum absolute atomic E-state index is 13.4. The Labute approximate surface area is 196 Å². The SMILES string of the molecule is CCc1ccc(C(C(=O)Nc2c(C)cccc2C)N(C)C(=O)CNC(=O)OC(C)(C)C)cc1. The molecule has 0 spiro atoms. The average Bonchev–Trinajstić information content (AvgIpc) is 2.74. The topological polar surface area (TPSA) is 87.7 Å². The van der Waals surface area contributed by atoms with Gasteiger partial charge in [0.05, 0.1) is 0 Å². The van der Waals surface area contributed by atoms with Gasteiger partial charge in [-0.1, -0.05) is 49.4 Å². The van der Waals surface area contributed by atoms with Crippen molar-refractivity contribution in [1.29, 1.82) is 0 Å². The molecule has 33 heavy (non-hydrogen) atoms. The highest BCUT2D eigenvalue weighted by atomic mass is 16.6. The van der Waals surface area contributed by atoms with Crippen LogP contribution in [0.1, 0.15) is 56.0 Å². The smallest absolute Gasteiger partial charge is 0.408 e. The van der Waals surface area contributed by atoms with E-state index in [1.807, 2.05) is 56.3 Å². The van der Waals surface area contributed by atoms with Crippen molar-refractivity contribution in [2.45, 2.75) is 59.6 Å². The quantitative estimate of drug-likeness (QED) is 0.645. The summed E-state index contributed by atoms with van der Waals surface area (Å²) in [5, 5.41) is 5.46. The van der Waals surface area contributed by atoms with Crippen LogP contribution in [0.15, 0.2) is 42.5 Å². The second-order valence-electron chi connectivity index (χ2n) is 9.11. The van der Waals surface area contributed by atoms with E-state index in [0.717, 1.165) is 28.8 Å². The standard InChI is InChI=1S/C26H35N3O4/c1-8-19-12-14-20(15-13-19)23(24(31)28-22-17(2)10-9-11-18(22)3)29(7)21(30)16-27-25(32)33-26(4,5)6/h9-15,23H,8,16H2,1-7H3,(H,27,32)(H,28,31). The summed E-state index contributed by atoms with van der Waals surface area (Å²) in [6.45, 7) is 10.8. The van der Waals surface area contributed by atoms with Gasteiger partial charge in [0.1, 0.15) is 18.2 Å². The average molecular weight is 454 g/mol. The Morgan fingerprint density at radius 3 is 2.09 bits per heavy atom. The molecule has 0 bridgehead atoms. The summed E-state index contributed by atoms with van der Waals surface area (Å²) in [4.78, 5) is 39.7. The molecule has 0 radical (unpaired) electrons. The van der Waals surface area contributed by atoms with Crippen molar-refractivity contribution in [3.05, 3.63) is 64.7 Å². The number of alkyl carbamates (subject to hydrolysis) is 1. The zero-order chi connectivity index (χ0) is 24.8. The van der Waals surface area contributed by atoms with Crippen LogP contribution < -0.4 is 10.6 Å². The molecule has 2 N–H and O–H groups in total.